The van der Waals surface area contributed by atoms with Crippen LogP contribution in [0.4, 0.5) is 0 Å². The molecule has 6 heteroatoms. The molecule has 0 saturated heterocycles. The van der Waals surface area contributed by atoms with Crippen LogP contribution in [0.25, 0.3) is 17.2 Å². The van der Waals surface area contributed by atoms with Crippen molar-refractivity contribution in [2.45, 2.75) is 19.9 Å². The van der Waals surface area contributed by atoms with Crippen LogP contribution in [0.3, 0.4) is 0 Å². The van der Waals surface area contributed by atoms with Gasteiger partial charge in [0.05, 0.1) is 19.2 Å². The molecule has 27 heavy (non-hydrogen) atoms. The Morgan fingerprint density at radius 3 is 2.59 bits per heavy atom. The number of aromatic nitrogens is 3. The normalized spacial score (nSPS) is 11.0. The highest BCUT2D eigenvalue weighted by Crippen LogP contribution is 2.24. The number of hydrogen-bond acceptors (Lipinski definition) is 4. The number of carboxylic acid groups (broad SMARTS) is 1. The number of ether oxygens (including phenoxy) is 1. The monoisotopic (exact) mass is 363 g/mol. The van der Waals surface area contributed by atoms with E-state index in [0.29, 0.717) is 23.7 Å². The zero-order valence-electron chi connectivity index (χ0n) is 15.3. The first kappa shape index (κ1) is 18.4. The molecule has 0 amide bonds. The van der Waals surface area contributed by atoms with Gasteiger partial charge >= 0.3 is 12.0 Å². The lowest BCUT2D eigenvalue weighted by molar-refractivity contribution is 0.0697. The highest BCUT2D eigenvalue weighted by atomic mass is 16.5. The maximum atomic E-state index is 11.4. The molecule has 0 atom stereocenters. The van der Waals surface area contributed by atoms with Crippen molar-refractivity contribution in [3.63, 3.8) is 0 Å². The number of carbonyl (C=O) groups is 1. The minimum absolute atomic E-state index is 0.290. The smallest absolute Gasteiger partial charge is 0.336 e. The quantitative estimate of drug-likeness (QED) is 0.683. The van der Waals surface area contributed by atoms with Crippen LogP contribution in [0.1, 0.15) is 35.1 Å². The maximum absolute atomic E-state index is 11.4. The van der Waals surface area contributed by atoms with E-state index in [0.717, 1.165) is 23.4 Å². The number of aromatic carboxylic acids is 1. The van der Waals surface area contributed by atoms with Crippen molar-refractivity contribution in [1.82, 2.24) is 14.8 Å². The largest absolute Gasteiger partial charge is 0.478 e. The van der Waals surface area contributed by atoms with Crippen LogP contribution in [0.2, 0.25) is 0 Å². The summed E-state index contributed by atoms with van der Waals surface area (Å²) in [5.74, 6) is -0.203. The van der Waals surface area contributed by atoms with Crippen molar-refractivity contribution < 1.29 is 14.6 Å². The molecule has 3 rings (SSSR count). The zero-order valence-corrected chi connectivity index (χ0v) is 15.3. The molecule has 6 nitrogen and oxygen atoms in total. The average molecular weight is 363 g/mol. The fourth-order valence-corrected chi connectivity index (χ4v) is 2.77. The molecule has 0 aliphatic carbocycles. The highest BCUT2D eigenvalue weighted by Gasteiger charge is 2.12. The molecule has 1 heterocycles. The Labute approximate surface area is 157 Å². The Bertz CT molecular complexity index is 959. The summed E-state index contributed by atoms with van der Waals surface area (Å²) >= 11 is 0. The van der Waals surface area contributed by atoms with Crippen molar-refractivity contribution in [1.29, 1.82) is 0 Å². The van der Waals surface area contributed by atoms with Crippen LogP contribution in [0.5, 0.6) is 6.01 Å². The molecule has 1 N–H and O–H groups in total. The molecule has 0 fully saturated rings. The molecule has 0 aliphatic heterocycles. The van der Waals surface area contributed by atoms with Gasteiger partial charge in [-0.15, -0.1) is 5.10 Å². The summed E-state index contributed by atoms with van der Waals surface area (Å²) in [6.07, 6.45) is 4.85. The van der Waals surface area contributed by atoms with Gasteiger partial charge in [-0.3, -0.25) is 0 Å². The van der Waals surface area contributed by atoms with Crippen LogP contribution >= 0.6 is 0 Å². The minimum Gasteiger partial charge on any atom is -0.478 e. The third-order valence-corrected chi connectivity index (χ3v) is 4.12. The van der Waals surface area contributed by atoms with Crippen molar-refractivity contribution in [3.8, 4) is 17.1 Å². The molecule has 0 unspecified atom stereocenters. The van der Waals surface area contributed by atoms with Gasteiger partial charge in [0.25, 0.3) is 0 Å². The molecule has 138 valence electrons. The fraction of sp³-hybridized carbons (Fsp3) is 0.190. The van der Waals surface area contributed by atoms with E-state index in [2.05, 4.69) is 17.0 Å². The second-order valence-electron chi connectivity index (χ2n) is 5.97. The average Bonchev–Trinajstić information content (AvgIpc) is 3.08. The van der Waals surface area contributed by atoms with Crippen molar-refractivity contribution in [2.75, 3.05) is 7.11 Å². The first-order valence-electron chi connectivity index (χ1n) is 8.69. The second-order valence-corrected chi connectivity index (χ2v) is 5.97. The first-order valence-corrected chi connectivity index (χ1v) is 8.69. The molecule has 0 aliphatic rings. The van der Waals surface area contributed by atoms with Crippen molar-refractivity contribution in [3.05, 3.63) is 71.6 Å². The Morgan fingerprint density at radius 1 is 1.19 bits per heavy atom. The number of hydrogen-bond donors (Lipinski definition) is 1. The summed E-state index contributed by atoms with van der Waals surface area (Å²) in [7, 11) is 1.54. The first-order chi connectivity index (χ1) is 13.1. The second kappa shape index (κ2) is 8.31. The predicted octanol–water partition coefficient (Wildman–Crippen LogP) is 4.12. The van der Waals surface area contributed by atoms with Gasteiger partial charge in [0, 0.05) is 0 Å². The van der Waals surface area contributed by atoms with E-state index in [1.165, 1.54) is 0 Å². The number of methoxy groups -OCH3 is 1. The Kier molecular flexibility index (Phi) is 5.66. The van der Waals surface area contributed by atoms with E-state index < -0.39 is 5.97 Å². The third-order valence-electron chi connectivity index (χ3n) is 4.12. The molecule has 0 bridgehead atoms. The summed E-state index contributed by atoms with van der Waals surface area (Å²) in [6, 6.07) is 15.1. The minimum atomic E-state index is -0.934. The maximum Gasteiger partial charge on any atom is 0.336 e. The zero-order chi connectivity index (χ0) is 19.2. The number of allylic oxidation sites excluding steroid dienone is 1. The summed E-state index contributed by atoms with van der Waals surface area (Å²) in [4.78, 5) is 15.8. The van der Waals surface area contributed by atoms with Gasteiger partial charge in [0.1, 0.15) is 0 Å². The molecular weight excluding hydrogens is 342 g/mol. The van der Waals surface area contributed by atoms with E-state index in [1.54, 1.807) is 23.9 Å². The Morgan fingerprint density at radius 2 is 1.93 bits per heavy atom. The summed E-state index contributed by atoms with van der Waals surface area (Å²) in [5.41, 5.74) is 2.88. The van der Waals surface area contributed by atoms with Crippen molar-refractivity contribution in [2.24, 2.45) is 0 Å². The molecule has 0 radical (unpaired) electrons. The van der Waals surface area contributed by atoms with Crippen LogP contribution in [-0.4, -0.2) is 33.0 Å². The van der Waals surface area contributed by atoms with Crippen LogP contribution in [0, 0.1) is 0 Å². The van der Waals surface area contributed by atoms with Gasteiger partial charge in [-0.1, -0.05) is 55.5 Å². The lowest BCUT2D eigenvalue weighted by Crippen LogP contribution is -2.04. The van der Waals surface area contributed by atoms with E-state index >= 15 is 0 Å². The van der Waals surface area contributed by atoms with Gasteiger partial charge in [0.2, 0.25) is 0 Å². The van der Waals surface area contributed by atoms with E-state index in [4.69, 9.17) is 4.74 Å². The topological polar surface area (TPSA) is 77.2 Å². The molecule has 1 aromatic heterocycles. The van der Waals surface area contributed by atoms with Crippen LogP contribution < -0.4 is 4.74 Å². The molecule has 2 aromatic carbocycles. The van der Waals surface area contributed by atoms with Gasteiger partial charge in [-0.05, 0) is 35.3 Å². The van der Waals surface area contributed by atoms with Gasteiger partial charge in [-0.2, -0.15) is 4.98 Å². The van der Waals surface area contributed by atoms with Gasteiger partial charge < -0.3 is 9.84 Å². The Balaban J connectivity index is 1.86. The van der Waals surface area contributed by atoms with Crippen molar-refractivity contribution >= 4 is 12.0 Å². The number of nitrogens with zero attached hydrogens (tertiary/aromatic N) is 3. The lowest BCUT2D eigenvalue weighted by atomic mass is 9.99. The summed E-state index contributed by atoms with van der Waals surface area (Å²) in [6.45, 7) is 2.60. The molecular formula is C21H21N3O3. The Hall–Kier alpha value is -3.41. The predicted molar refractivity (Wildman–Crippen MR) is 104 cm³/mol. The standard InChI is InChI=1S/C21H21N3O3/c1-3-4-9-19-22-21(27-2)23-24(19)14-15-10-12-16(13-11-15)17-7-5-6-8-18(17)20(25)26/h4-13H,3,14H2,1-2H3,(H,25,26)/b9-4+. The highest BCUT2D eigenvalue weighted by molar-refractivity contribution is 5.95. The van der Waals surface area contributed by atoms with Crippen LogP contribution in [-0.2, 0) is 6.54 Å². The summed E-state index contributed by atoms with van der Waals surface area (Å²) in [5, 5.41) is 13.7. The van der Waals surface area contributed by atoms with Gasteiger partial charge in [0.15, 0.2) is 5.82 Å². The number of rotatable bonds is 7. The molecule has 3 aromatic rings. The van der Waals surface area contributed by atoms with Crippen LogP contribution in [0.15, 0.2) is 54.6 Å². The van der Waals surface area contributed by atoms with E-state index in [1.807, 2.05) is 48.6 Å². The molecule has 0 spiro atoms. The lowest BCUT2D eigenvalue weighted by Gasteiger charge is -2.08. The fourth-order valence-electron chi connectivity index (χ4n) is 2.77. The van der Waals surface area contributed by atoms with E-state index in [-0.39, 0.29) is 0 Å². The number of carboxylic acids is 1. The number of benzene rings is 2. The summed E-state index contributed by atoms with van der Waals surface area (Å²) < 4.78 is 6.92. The van der Waals surface area contributed by atoms with Gasteiger partial charge in [-0.25, -0.2) is 9.48 Å². The third kappa shape index (κ3) is 4.23. The molecule has 0 saturated carbocycles. The van der Waals surface area contributed by atoms with E-state index in [9.17, 15) is 9.90 Å². The SMILES string of the molecule is CC/C=C/c1nc(OC)nn1Cc1ccc(-c2ccccc2C(=O)O)cc1.